The van der Waals surface area contributed by atoms with Gasteiger partial charge >= 0.3 is 0 Å². The molecule has 0 saturated heterocycles. The van der Waals surface area contributed by atoms with Crippen LogP contribution >= 0.6 is 35.3 Å². The van der Waals surface area contributed by atoms with Crippen LogP contribution in [0, 0.1) is 6.92 Å². The van der Waals surface area contributed by atoms with Crippen LogP contribution < -0.4 is 20.1 Å². The third kappa shape index (κ3) is 7.57. The highest BCUT2D eigenvalue weighted by atomic mass is 127. The van der Waals surface area contributed by atoms with Crippen LogP contribution in [0.15, 0.2) is 35.3 Å². The molecule has 1 atom stereocenters. The molecule has 27 heavy (non-hydrogen) atoms. The number of halogens is 1. The first-order chi connectivity index (χ1) is 12.5. The van der Waals surface area contributed by atoms with Gasteiger partial charge in [-0.2, -0.15) is 0 Å². The Morgan fingerprint density at radius 3 is 2.59 bits per heavy atom. The molecule has 1 aromatic heterocycles. The van der Waals surface area contributed by atoms with Crippen LogP contribution in [0.1, 0.15) is 29.2 Å². The van der Waals surface area contributed by atoms with Gasteiger partial charge < -0.3 is 20.1 Å². The van der Waals surface area contributed by atoms with Crippen molar-refractivity contribution in [2.75, 3.05) is 20.8 Å². The van der Waals surface area contributed by atoms with Gasteiger partial charge in [-0.15, -0.1) is 35.3 Å². The van der Waals surface area contributed by atoms with Crippen molar-refractivity contribution in [3.63, 3.8) is 0 Å². The van der Waals surface area contributed by atoms with Crippen molar-refractivity contribution in [3.05, 3.63) is 45.6 Å². The molecule has 0 aliphatic heterocycles. The lowest BCUT2D eigenvalue weighted by atomic mass is 10.2. The summed E-state index contributed by atoms with van der Waals surface area (Å²) in [7, 11) is 3.44. The van der Waals surface area contributed by atoms with Crippen LogP contribution in [-0.2, 0) is 13.0 Å². The smallest absolute Gasteiger partial charge is 0.191 e. The number of aliphatic imine (C=N–C) groups is 1. The fraction of sp³-hybridized carbons (Fsp3) is 0.450. The Morgan fingerprint density at radius 2 is 2.00 bits per heavy atom. The highest BCUT2D eigenvalue weighted by molar-refractivity contribution is 14.0. The van der Waals surface area contributed by atoms with E-state index in [0.29, 0.717) is 19.2 Å². The van der Waals surface area contributed by atoms with Crippen molar-refractivity contribution < 1.29 is 9.47 Å². The molecule has 0 fully saturated rings. The fourth-order valence-corrected chi connectivity index (χ4v) is 3.68. The molecule has 1 unspecified atom stereocenters. The van der Waals surface area contributed by atoms with Gasteiger partial charge in [0.1, 0.15) is 0 Å². The highest BCUT2D eigenvalue weighted by Crippen LogP contribution is 2.28. The molecule has 0 amide bonds. The molecule has 0 spiro atoms. The number of nitrogens with zero attached hydrogens (tertiary/aromatic N) is 1. The Hall–Kier alpha value is -1.48. The van der Waals surface area contributed by atoms with Crippen LogP contribution in [0.25, 0.3) is 0 Å². The number of hydrogen-bond donors (Lipinski definition) is 2. The summed E-state index contributed by atoms with van der Waals surface area (Å²) in [6.07, 6.45) is 0.982. The summed E-state index contributed by atoms with van der Waals surface area (Å²) in [5.41, 5.74) is 1.11. The topological polar surface area (TPSA) is 54.9 Å². The SMILES string of the molecule is CCOc1cc(CNC(=NC)NC(C)Cc2ccc(C)s2)ccc1OC.I. The molecule has 5 nitrogen and oxygen atoms in total. The monoisotopic (exact) mass is 503 g/mol. The Bertz CT molecular complexity index is 734. The number of benzene rings is 1. The Balaban J connectivity index is 0.00000364. The molecule has 7 heteroatoms. The number of rotatable bonds is 8. The molecule has 1 heterocycles. The molecule has 2 rings (SSSR count). The van der Waals surface area contributed by atoms with E-state index in [9.17, 15) is 0 Å². The van der Waals surface area contributed by atoms with Crippen molar-refractivity contribution >= 4 is 41.3 Å². The van der Waals surface area contributed by atoms with Gasteiger partial charge in [0.15, 0.2) is 17.5 Å². The molecule has 2 N–H and O–H groups in total. The van der Waals surface area contributed by atoms with Crippen LogP contribution in [0.4, 0.5) is 0 Å². The normalized spacial score (nSPS) is 12.1. The number of hydrogen-bond acceptors (Lipinski definition) is 4. The average Bonchev–Trinajstić information content (AvgIpc) is 3.03. The van der Waals surface area contributed by atoms with E-state index in [-0.39, 0.29) is 24.0 Å². The van der Waals surface area contributed by atoms with Gasteiger partial charge in [0, 0.05) is 35.8 Å². The van der Waals surface area contributed by atoms with Crippen molar-refractivity contribution in [1.82, 2.24) is 10.6 Å². The summed E-state index contributed by atoms with van der Waals surface area (Å²) >= 11 is 1.84. The Morgan fingerprint density at radius 1 is 1.22 bits per heavy atom. The molecule has 0 aliphatic rings. The highest BCUT2D eigenvalue weighted by Gasteiger charge is 2.09. The summed E-state index contributed by atoms with van der Waals surface area (Å²) in [4.78, 5) is 7.05. The number of aryl methyl sites for hydroxylation is 1. The summed E-state index contributed by atoms with van der Waals surface area (Å²) in [6, 6.07) is 10.6. The second-order valence-corrected chi connectivity index (χ2v) is 7.48. The Labute approximate surface area is 183 Å². The van der Waals surface area contributed by atoms with Crippen LogP contribution in [-0.4, -0.2) is 32.8 Å². The molecule has 1 aromatic carbocycles. The molecule has 2 aromatic rings. The summed E-state index contributed by atoms with van der Waals surface area (Å²) in [6.45, 7) is 7.54. The van der Waals surface area contributed by atoms with E-state index in [1.165, 1.54) is 9.75 Å². The molecule has 0 radical (unpaired) electrons. The minimum absolute atomic E-state index is 0. The summed E-state index contributed by atoms with van der Waals surface area (Å²) < 4.78 is 11.0. The third-order valence-corrected chi connectivity index (χ3v) is 4.92. The van der Waals surface area contributed by atoms with Crippen molar-refractivity contribution in [2.24, 2.45) is 4.99 Å². The fourth-order valence-electron chi connectivity index (χ4n) is 2.66. The number of guanidine groups is 1. The van der Waals surface area contributed by atoms with Gasteiger partial charge in [0.05, 0.1) is 13.7 Å². The van der Waals surface area contributed by atoms with E-state index in [1.807, 2.05) is 36.5 Å². The number of nitrogens with one attached hydrogen (secondary N) is 2. The van der Waals surface area contributed by atoms with E-state index in [2.05, 4.69) is 41.6 Å². The lowest BCUT2D eigenvalue weighted by molar-refractivity contribution is 0.310. The van der Waals surface area contributed by atoms with Crippen LogP contribution in [0.2, 0.25) is 0 Å². The van der Waals surface area contributed by atoms with E-state index < -0.39 is 0 Å². The number of ether oxygens (including phenoxy) is 2. The molecule has 0 saturated carbocycles. The first-order valence-corrected chi connectivity index (χ1v) is 9.69. The second-order valence-electron chi connectivity index (χ2n) is 6.11. The zero-order chi connectivity index (χ0) is 18.9. The van der Waals surface area contributed by atoms with Crippen LogP contribution in [0.3, 0.4) is 0 Å². The molecule has 0 aliphatic carbocycles. The maximum Gasteiger partial charge on any atom is 0.191 e. The molecular formula is C20H30IN3O2S. The van der Waals surface area contributed by atoms with Crippen LogP contribution in [0.5, 0.6) is 11.5 Å². The van der Waals surface area contributed by atoms with E-state index >= 15 is 0 Å². The van der Waals surface area contributed by atoms with Crippen molar-refractivity contribution in [3.8, 4) is 11.5 Å². The molecular weight excluding hydrogens is 473 g/mol. The zero-order valence-corrected chi connectivity index (χ0v) is 19.8. The van der Waals surface area contributed by atoms with E-state index in [0.717, 1.165) is 29.4 Å². The maximum absolute atomic E-state index is 5.64. The largest absolute Gasteiger partial charge is 0.493 e. The van der Waals surface area contributed by atoms with Gasteiger partial charge in [0.25, 0.3) is 0 Å². The van der Waals surface area contributed by atoms with Crippen molar-refractivity contribution in [2.45, 2.75) is 39.8 Å². The standard InChI is InChI=1S/C20H29N3O2S.HI/c1-6-25-19-12-16(8-10-18(19)24-5)13-22-20(21-4)23-14(2)11-17-9-7-15(3)26-17;/h7-10,12,14H,6,11,13H2,1-5H3,(H2,21,22,23);1H. The van der Waals surface area contributed by atoms with Gasteiger partial charge in [-0.1, -0.05) is 6.07 Å². The lowest BCUT2D eigenvalue weighted by Gasteiger charge is -2.18. The second kappa shape index (κ2) is 12.1. The minimum atomic E-state index is 0. The minimum Gasteiger partial charge on any atom is -0.493 e. The lowest BCUT2D eigenvalue weighted by Crippen LogP contribution is -2.42. The quantitative estimate of drug-likeness (QED) is 0.319. The van der Waals surface area contributed by atoms with E-state index in [4.69, 9.17) is 9.47 Å². The van der Waals surface area contributed by atoms with Gasteiger partial charge in [-0.3, -0.25) is 4.99 Å². The molecule has 0 bridgehead atoms. The molecule has 150 valence electrons. The average molecular weight is 503 g/mol. The first kappa shape index (κ1) is 23.6. The number of methoxy groups -OCH3 is 1. The van der Waals surface area contributed by atoms with Crippen molar-refractivity contribution in [1.29, 1.82) is 0 Å². The number of thiophene rings is 1. The van der Waals surface area contributed by atoms with Gasteiger partial charge in [-0.05, 0) is 50.6 Å². The third-order valence-electron chi connectivity index (χ3n) is 3.90. The van der Waals surface area contributed by atoms with Gasteiger partial charge in [-0.25, -0.2) is 0 Å². The van der Waals surface area contributed by atoms with Gasteiger partial charge in [0.2, 0.25) is 0 Å². The zero-order valence-electron chi connectivity index (χ0n) is 16.7. The first-order valence-electron chi connectivity index (χ1n) is 8.87. The van der Waals surface area contributed by atoms with E-state index in [1.54, 1.807) is 14.2 Å². The summed E-state index contributed by atoms with van der Waals surface area (Å²) in [5, 5.41) is 6.81. The predicted octanol–water partition coefficient (Wildman–Crippen LogP) is 4.38. The summed E-state index contributed by atoms with van der Waals surface area (Å²) in [5.74, 6) is 2.30. The Kier molecular flexibility index (Phi) is 10.5. The maximum atomic E-state index is 5.64. The predicted molar refractivity (Wildman–Crippen MR) is 125 cm³/mol.